The first-order valence-electron chi connectivity index (χ1n) is 5.84. The number of benzene rings is 1. The highest BCUT2D eigenvalue weighted by Gasteiger charge is 2.08. The van der Waals surface area contributed by atoms with Crippen LogP contribution in [0.15, 0.2) is 24.3 Å². The van der Waals surface area contributed by atoms with Crippen molar-refractivity contribution in [1.29, 1.82) is 0 Å². The van der Waals surface area contributed by atoms with E-state index in [0.717, 1.165) is 0 Å². The lowest BCUT2D eigenvalue weighted by atomic mass is 10.1. The van der Waals surface area contributed by atoms with Gasteiger partial charge in [-0.15, -0.1) is 0 Å². The molecule has 0 saturated carbocycles. The third-order valence-electron chi connectivity index (χ3n) is 2.34. The summed E-state index contributed by atoms with van der Waals surface area (Å²) in [5.41, 5.74) is 1.15. The van der Waals surface area contributed by atoms with Gasteiger partial charge in [-0.25, -0.2) is 0 Å². The largest absolute Gasteiger partial charge is 0.395 e. The van der Waals surface area contributed by atoms with Gasteiger partial charge in [-0.2, -0.15) is 0 Å². The molecule has 0 fully saturated rings. The van der Waals surface area contributed by atoms with E-state index in [4.69, 9.17) is 5.11 Å². The van der Waals surface area contributed by atoms with Crippen molar-refractivity contribution in [3.63, 3.8) is 0 Å². The predicted octanol–water partition coefficient (Wildman–Crippen LogP) is 1.00. The van der Waals surface area contributed by atoms with E-state index >= 15 is 0 Å². The van der Waals surface area contributed by atoms with Crippen molar-refractivity contribution in [2.45, 2.75) is 13.8 Å². The summed E-state index contributed by atoms with van der Waals surface area (Å²) in [5, 5.41) is 13.9. The van der Waals surface area contributed by atoms with Gasteiger partial charge in [0.25, 0.3) is 5.91 Å². The standard InChI is InChI=1S/C13H18N2O3/c1-9(2)12(17)15-11-5-3-10(4-6-11)13(18)14-7-8-16/h3-6,9,16H,7-8H2,1-2H3,(H,14,18)(H,15,17). The molecule has 0 spiro atoms. The second-order valence-corrected chi connectivity index (χ2v) is 4.20. The first-order valence-corrected chi connectivity index (χ1v) is 5.84. The molecule has 1 aromatic rings. The van der Waals surface area contributed by atoms with E-state index in [1.807, 2.05) is 13.8 Å². The summed E-state index contributed by atoms with van der Waals surface area (Å²) in [6.07, 6.45) is 0. The van der Waals surface area contributed by atoms with Crippen molar-refractivity contribution >= 4 is 17.5 Å². The Morgan fingerprint density at radius 3 is 2.33 bits per heavy atom. The zero-order valence-electron chi connectivity index (χ0n) is 10.6. The highest BCUT2D eigenvalue weighted by atomic mass is 16.3. The predicted molar refractivity (Wildman–Crippen MR) is 69.3 cm³/mol. The fourth-order valence-corrected chi connectivity index (χ4v) is 1.26. The molecule has 0 aliphatic rings. The molecule has 1 aromatic carbocycles. The summed E-state index contributed by atoms with van der Waals surface area (Å²) in [6.45, 7) is 3.76. The first kappa shape index (κ1) is 14.2. The maximum atomic E-state index is 11.5. The van der Waals surface area contributed by atoms with Crippen LogP contribution in [0.2, 0.25) is 0 Å². The summed E-state index contributed by atoms with van der Waals surface area (Å²) >= 11 is 0. The molecule has 98 valence electrons. The Bertz CT molecular complexity index is 413. The number of amides is 2. The van der Waals surface area contributed by atoms with E-state index in [1.165, 1.54) is 0 Å². The third kappa shape index (κ3) is 4.18. The average Bonchev–Trinajstić information content (AvgIpc) is 2.36. The number of carbonyl (C=O) groups is 2. The first-order chi connectivity index (χ1) is 8.54. The zero-order valence-corrected chi connectivity index (χ0v) is 10.6. The molecule has 0 heterocycles. The summed E-state index contributed by atoms with van der Waals surface area (Å²) in [7, 11) is 0. The maximum Gasteiger partial charge on any atom is 0.251 e. The lowest BCUT2D eigenvalue weighted by molar-refractivity contribution is -0.118. The molecule has 0 aromatic heterocycles. The number of rotatable bonds is 5. The third-order valence-corrected chi connectivity index (χ3v) is 2.34. The van der Waals surface area contributed by atoms with Gasteiger partial charge in [-0.3, -0.25) is 9.59 Å². The molecule has 0 unspecified atom stereocenters. The minimum atomic E-state index is -0.245. The van der Waals surface area contributed by atoms with Crippen LogP contribution < -0.4 is 10.6 Å². The van der Waals surface area contributed by atoms with Crippen molar-refractivity contribution < 1.29 is 14.7 Å². The van der Waals surface area contributed by atoms with Gasteiger partial charge in [0, 0.05) is 23.7 Å². The maximum absolute atomic E-state index is 11.5. The Morgan fingerprint density at radius 1 is 1.22 bits per heavy atom. The van der Waals surface area contributed by atoms with E-state index in [0.29, 0.717) is 11.3 Å². The Hall–Kier alpha value is -1.88. The molecular weight excluding hydrogens is 232 g/mol. The van der Waals surface area contributed by atoms with Crippen LogP contribution in [0, 0.1) is 5.92 Å². The second-order valence-electron chi connectivity index (χ2n) is 4.20. The lowest BCUT2D eigenvalue weighted by Gasteiger charge is -2.08. The van der Waals surface area contributed by atoms with E-state index in [9.17, 15) is 9.59 Å². The van der Waals surface area contributed by atoms with Gasteiger partial charge in [0.1, 0.15) is 0 Å². The number of aliphatic hydroxyl groups is 1. The molecule has 0 atom stereocenters. The van der Waals surface area contributed by atoms with E-state index in [1.54, 1.807) is 24.3 Å². The minimum Gasteiger partial charge on any atom is -0.395 e. The fraction of sp³-hybridized carbons (Fsp3) is 0.385. The number of aliphatic hydroxyl groups excluding tert-OH is 1. The Labute approximate surface area is 106 Å². The second kappa shape index (κ2) is 6.76. The molecular formula is C13H18N2O3. The molecule has 3 N–H and O–H groups in total. The summed E-state index contributed by atoms with van der Waals surface area (Å²) in [5.74, 6) is -0.393. The Balaban J connectivity index is 2.62. The molecule has 2 amide bonds. The molecule has 1 rings (SSSR count). The molecule has 18 heavy (non-hydrogen) atoms. The van der Waals surface area contributed by atoms with Gasteiger partial charge in [0.15, 0.2) is 0 Å². The summed E-state index contributed by atoms with van der Waals surface area (Å²) < 4.78 is 0. The van der Waals surface area contributed by atoms with Gasteiger partial charge < -0.3 is 15.7 Å². The number of hydrogen-bond acceptors (Lipinski definition) is 3. The molecule has 0 aliphatic heterocycles. The molecule has 0 saturated heterocycles. The number of anilines is 1. The monoisotopic (exact) mass is 250 g/mol. The van der Waals surface area contributed by atoms with Gasteiger partial charge >= 0.3 is 0 Å². The quantitative estimate of drug-likeness (QED) is 0.729. The fourth-order valence-electron chi connectivity index (χ4n) is 1.26. The molecule has 5 heteroatoms. The van der Waals surface area contributed by atoms with Gasteiger partial charge in [0.05, 0.1) is 6.61 Å². The number of hydrogen-bond donors (Lipinski definition) is 3. The molecule has 0 aliphatic carbocycles. The summed E-state index contributed by atoms with van der Waals surface area (Å²) in [6, 6.07) is 6.60. The smallest absolute Gasteiger partial charge is 0.251 e. The normalized spacial score (nSPS) is 10.2. The summed E-state index contributed by atoms with van der Waals surface area (Å²) in [4.78, 5) is 23.0. The Kier molecular flexibility index (Phi) is 5.32. The SMILES string of the molecule is CC(C)C(=O)Nc1ccc(C(=O)NCCO)cc1. The van der Waals surface area contributed by atoms with Crippen molar-refractivity contribution in [3.05, 3.63) is 29.8 Å². The molecule has 0 radical (unpaired) electrons. The zero-order chi connectivity index (χ0) is 13.5. The van der Waals surface area contributed by atoms with Crippen molar-refractivity contribution in [1.82, 2.24) is 5.32 Å². The van der Waals surface area contributed by atoms with E-state index in [2.05, 4.69) is 10.6 Å². The van der Waals surface area contributed by atoms with Crippen LogP contribution in [-0.4, -0.2) is 30.1 Å². The number of carbonyl (C=O) groups excluding carboxylic acids is 2. The van der Waals surface area contributed by atoms with Crippen LogP contribution in [0.3, 0.4) is 0 Å². The van der Waals surface area contributed by atoms with Crippen LogP contribution in [0.1, 0.15) is 24.2 Å². The number of nitrogens with one attached hydrogen (secondary N) is 2. The van der Waals surface area contributed by atoms with Crippen LogP contribution in [0.4, 0.5) is 5.69 Å². The van der Waals surface area contributed by atoms with Gasteiger partial charge in [0.2, 0.25) is 5.91 Å². The molecule has 0 bridgehead atoms. The molecule has 5 nitrogen and oxygen atoms in total. The lowest BCUT2D eigenvalue weighted by Crippen LogP contribution is -2.26. The van der Waals surface area contributed by atoms with Crippen LogP contribution in [0.5, 0.6) is 0 Å². The average molecular weight is 250 g/mol. The van der Waals surface area contributed by atoms with Crippen LogP contribution in [0.25, 0.3) is 0 Å². The van der Waals surface area contributed by atoms with Crippen molar-refractivity contribution in [2.75, 3.05) is 18.5 Å². The highest BCUT2D eigenvalue weighted by Crippen LogP contribution is 2.10. The van der Waals surface area contributed by atoms with E-state index < -0.39 is 0 Å². The highest BCUT2D eigenvalue weighted by molar-refractivity contribution is 5.96. The van der Waals surface area contributed by atoms with Gasteiger partial charge in [-0.05, 0) is 24.3 Å². The Morgan fingerprint density at radius 2 is 1.83 bits per heavy atom. The van der Waals surface area contributed by atoms with Crippen LogP contribution in [-0.2, 0) is 4.79 Å². The van der Waals surface area contributed by atoms with Crippen molar-refractivity contribution in [3.8, 4) is 0 Å². The van der Waals surface area contributed by atoms with Crippen molar-refractivity contribution in [2.24, 2.45) is 5.92 Å². The van der Waals surface area contributed by atoms with Crippen LogP contribution >= 0.6 is 0 Å². The van der Waals surface area contributed by atoms with E-state index in [-0.39, 0.29) is 30.9 Å². The topological polar surface area (TPSA) is 78.4 Å². The van der Waals surface area contributed by atoms with Gasteiger partial charge in [-0.1, -0.05) is 13.8 Å². The minimum absolute atomic E-state index is 0.0625.